The molecule has 2 rings (SSSR count). The van der Waals surface area contributed by atoms with Gasteiger partial charge >= 0.3 is 0 Å². The molecule has 0 saturated heterocycles. The molecule has 0 bridgehead atoms. The molecule has 0 aliphatic rings. The molecule has 1 N–H and O–H groups in total. The lowest BCUT2D eigenvalue weighted by molar-refractivity contribution is 0.354. The van der Waals surface area contributed by atoms with Gasteiger partial charge in [-0.1, -0.05) is 41.9 Å². The molecular formula is C18H21ClFNO3S2. The summed E-state index contributed by atoms with van der Waals surface area (Å²) in [6, 6.07) is 12.2. The molecule has 0 unspecified atom stereocenters. The maximum Gasteiger partial charge on any atom is 0.225 e. The monoisotopic (exact) mass is 417 g/mol. The zero-order chi connectivity index (χ0) is 19.5. The lowest BCUT2D eigenvalue weighted by Gasteiger charge is -2.27. The van der Waals surface area contributed by atoms with Crippen LogP contribution >= 0.6 is 11.6 Å². The van der Waals surface area contributed by atoms with Crippen LogP contribution in [-0.4, -0.2) is 22.9 Å². The lowest BCUT2D eigenvalue weighted by atomic mass is 10.1. The number of hydrogen-bond donors (Lipinski definition) is 1. The van der Waals surface area contributed by atoms with Crippen LogP contribution in [-0.2, 0) is 20.8 Å². The highest BCUT2D eigenvalue weighted by Gasteiger charge is 2.38. The fourth-order valence-corrected chi connectivity index (χ4v) is 4.59. The predicted molar refractivity (Wildman–Crippen MR) is 104 cm³/mol. The van der Waals surface area contributed by atoms with Crippen LogP contribution in [0.4, 0.5) is 4.39 Å². The van der Waals surface area contributed by atoms with Gasteiger partial charge in [-0.25, -0.2) is 21.7 Å². The summed E-state index contributed by atoms with van der Waals surface area (Å²) in [5, 5.41) is 0.436. The number of alkyl halides is 1. The highest BCUT2D eigenvalue weighted by Crippen LogP contribution is 2.30. The van der Waals surface area contributed by atoms with Gasteiger partial charge in [-0.2, -0.15) is 0 Å². The Bertz CT molecular complexity index is 866. The average molecular weight is 418 g/mol. The summed E-state index contributed by atoms with van der Waals surface area (Å²) in [5.74, 6) is 0. The van der Waals surface area contributed by atoms with E-state index in [0.717, 1.165) is 0 Å². The third-order valence-electron chi connectivity index (χ3n) is 3.65. The van der Waals surface area contributed by atoms with Crippen LogP contribution in [0.15, 0.2) is 59.5 Å². The summed E-state index contributed by atoms with van der Waals surface area (Å²) in [6.07, 6.45) is 0. The second kappa shape index (κ2) is 8.17. The minimum Gasteiger partial charge on any atom is -0.242 e. The highest BCUT2D eigenvalue weighted by molar-refractivity contribution is 7.92. The fraction of sp³-hybridized carbons (Fsp3) is 0.333. The van der Waals surface area contributed by atoms with Gasteiger partial charge in [0.05, 0.1) is 26.7 Å². The molecule has 2 aromatic rings. The Morgan fingerprint density at radius 3 is 2.08 bits per heavy atom. The van der Waals surface area contributed by atoms with Crippen molar-refractivity contribution in [2.24, 2.45) is 0 Å². The van der Waals surface area contributed by atoms with E-state index in [4.69, 9.17) is 11.6 Å². The van der Waals surface area contributed by atoms with E-state index in [0.29, 0.717) is 10.6 Å². The fourth-order valence-electron chi connectivity index (χ4n) is 2.15. The van der Waals surface area contributed by atoms with Gasteiger partial charge in [0, 0.05) is 5.02 Å². The number of nitrogens with one attached hydrogen (secondary N) is 1. The predicted octanol–water partition coefficient (Wildman–Crippen LogP) is 4.20. The van der Waals surface area contributed by atoms with Gasteiger partial charge in [-0.15, -0.1) is 0 Å². The van der Waals surface area contributed by atoms with Crippen molar-refractivity contribution < 1.29 is 17.0 Å². The lowest BCUT2D eigenvalue weighted by Crippen LogP contribution is -2.41. The Balaban J connectivity index is 2.45. The second-order valence-electron chi connectivity index (χ2n) is 6.74. The Morgan fingerprint density at radius 1 is 1.04 bits per heavy atom. The molecular weight excluding hydrogens is 397 g/mol. The smallest absolute Gasteiger partial charge is 0.225 e. The standard InChI is InChI=1S/C18H21ClFNO3S2/c1-18(2,3)25(22)21-16(13-9-11-14(19)12-10-13)17(20)26(23,24)15-7-5-4-6-8-15/h4-12,16-17,21H,1-3H3/t16-,17-,25+/m0/s1. The van der Waals surface area contributed by atoms with Gasteiger partial charge in [0.15, 0.2) is 0 Å². The molecule has 0 heterocycles. The maximum absolute atomic E-state index is 15.2. The van der Waals surface area contributed by atoms with Crippen molar-refractivity contribution in [3.8, 4) is 0 Å². The van der Waals surface area contributed by atoms with Crippen LogP contribution in [0.5, 0.6) is 0 Å². The molecule has 0 fully saturated rings. The van der Waals surface area contributed by atoms with E-state index in [9.17, 15) is 12.6 Å². The summed E-state index contributed by atoms with van der Waals surface area (Å²) < 4.78 is 55.1. The first-order valence-corrected chi connectivity index (χ1v) is 11.0. The summed E-state index contributed by atoms with van der Waals surface area (Å²) in [7, 11) is -5.96. The minimum absolute atomic E-state index is 0.130. The first kappa shape index (κ1) is 21.0. The molecule has 142 valence electrons. The van der Waals surface area contributed by atoms with Crippen molar-refractivity contribution in [1.29, 1.82) is 0 Å². The summed E-state index contributed by atoms with van der Waals surface area (Å²) >= 11 is 5.87. The average Bonchev–Trinajstić information content (AvgIpc) is 2.59. The number of benzene rings is 2. The van der Waals surface area contributed by atoms with E-state index in [-0.39, 0.29) is 4.90 Å². The first-order chi connectivity index (χ1) is 12.0. The van der Waals surface area contributed by atoms with E-state index in [2.05, 4.69) is 4.72 Å². The minimum atomic E-state index is -4.28. The van der Waals surface area contributed by atoms with Gasteiger partial charge in [-0.3, -0.25) is 0 Å². The third-order valence-corrected chi connectivity index (χ3v) is 7.28. The van der Waals surface area contributed by atoms with Crippen LogP contribution in [0, 0.1) is 0 Å². The third kappa shape index (κ3) is 4.91. The molecule has 0 aliphatic carbocycles. The molecule has 26 heavy (non-hydrogen) atoms. The molecule has 3 atom stereocenters. The van der Waals surface area contributed by atoms with E-state index in [1.165, 1.54) is 48.5 Å². The van der Waals surface area contributed by atoms with Crippen LogP contribution in [0.2, 0.25) is 5.02 Å². The normalized spacial score (nSPS) is 16.0. The van der Waals surface area contributed by atoms with Gasteiger partial charge in [0.1, 0.15) is 0 Å². The largest absolute Gasteiger partial charge is 0.242 e. The van der Waals surface area contributed by atoms with E-state index >= 15 is 4.39 Å². The molecule has 0 saturated carbocycles. The van der Waals surface area contributed by atoms with Crippen LogP contribution in [0.25, 0.3) is 0 Å². The van der Waals surface area contributed by atoms with Crippen molar-refractivity contribution in [3.05, 3.63) is 65.2 Å². The van der Waals surface area contributed by atoms with Crippen molar-refractivity contribution in [1.82, 2.24) is 4.72 Å². The van der Waals surface area contributed by atoms with Crippen LogP contribution in [0.3, 0.4) is 0 Å². The summed E-state index contributed by atoms with van der Waals surface area (Å²) in [6.45, 7) is 5.15. The number of sulfone groups is 1. The van der Waals surface area contributed by atoms with E-state index < -0.39 is 37.1 Å². The number of hydrogen-bond acceptors (Lipinski definition) is 3. The molecule has 0 aromatic heterocycles. The quantitative estimate of drug-likeness (QED) is 0.766. The summed E-state index contributed by atoms with van der Waals surface area (Å²) in [5.41, 5.74) is -1.98. The van der Waals surface area contributed by atoms with Crippen molar-refractivity contribution in [2.45, 2.75) is 42.0 Å². The second-order valence-corrected chi connectivity index (χ2v) is 11.2. The molecule has 0 aliphatic heterocycles. The first-order valence-electron chi connectivity index (χ1n) is 7.90. The Morgan fingerprint density at radius 2 is 1.58 bits per heavy atom. The Hall–Kier alpha value is -1.28. The van der Waals surface area contributed by atoms with E-state index in [1.807, 2.05) is 0 Å². The topological polar surface area (TPSA) is 63.2 Å². The Labute approximate surface area is 161 Å². The summed E-state index contributed by atoms with van der Waals surface area (Å²) in [4.78, 5) is -0.130. The Kier molecular flexibility index (Phi) is 6.60. The maximum atomic E-state index is 15.2. The van der Waals surface area contributed by atoms with Crippen LogP contribution < -0.4 is 4.72 Å². The number of rotatable bonds is 6. The van der Waals surface area contributed by atoms with Gasteiger partial charge in [0.2, 0.25) is 15.3 Å². The zero-order valence-electron chi connectivity index (χ0n) is 14.6. The molecule has 4 nitrogen and oxygen atoms in total. The van der Waals surface area contributed by atoms with Crippen LogP contribution in [0.1, 0.15) is 32.4 Å². The highest BCUT2D eigenvalue weighted by atomic mass is 35.5. The van der Waals surface area contributed by atoms with E-state index in [1.54, 1.807) is 26.8 Å². The van der Waals surface area contributed by atoms with Gasteiger partial charge in [0.25, 0.3) is 0 Å². The molecule has 0 spiro atoms. The molecule has 0 amide bonds. The van der Waals surface area contributed by atoms with Crippen molar-refractivity contribution >= 4 is 32.4 Å². The number of halogens is 2. The van der Waals surface area contributed by atoms with Crippen molar-refractivity contribution in [3.63, 3.8) is 0 Å². The molecule has 0 radical (unpaired) electrons. The SMILES string of the molecule is CC(C)(C)[S@@](=O)N[C@@H](c1ccc(Cl)cc1)[C@@H](F)S(=O)(=O)c1ccccc1. The zero-order valence-corrected chi connectivity index (χ0v) is 17.0. The molecule has 2 aromatic carbocycles. The van der Waals surface area contributed by atoms with Gasteiger partial charge in [-0.05, 0) is 50.6 Å². The van der Waals surface area contributed by atoms with Crippen molar-refractivity contribution in [2.75, 3.05) is 0 Å². The van der Waals surface area contributed by atoms with Gasteiger partial charge < -0.3 is 0 Å². The molecule has 8 heteroatoms.